The van der Waals surface area contributed by atoms with Crippen LogP contribution in [0.3, 0.4) is 0 Å². The highest BCUT2D eigenvalue weighted by Gasteiger charge is 2.55. The van der Waals surface area contributed by atoms with Gasteiger partial charge in [-0.2, -0.15) is 0 Å². The molecule has 2 saturated heterocycles. The van der Waals surface area contributed by atoms with Gasteiger partial charge in [0.1, 0.15) is 12.2 Å². The van der Waals surface area contributed by atoms with Crippen molar-refractivity contribution in [3.8, 4) is 0 Å². The van der Waals surface area contributed by atoms with Crippen molar-refractivity contribution in [1.82, 2.24) is 0 Å². The molecule has 2 fully saturated rings. The number of epoxide rings is 1. The number of hydrogen-bond acceptors (Lipinski definition) is 5. The molecule has 5 nitrogen and oxygen atoms in total. The van der Waals surface area contributed by atoms with Gasteiger partial charge in [0, 0.05) is 31.3 Å². The minimum atomic E-state index is -0.310. The Kier molecular flexibility index (Phi) is 5.61. The number of hydrogen-bond donors (Lipinski definition) is 0. The van der Waals surface area contributed by atoms with E-state index in [9.17, 15) is 9.59 Å². The van der Waals surface area contributed by atoms with Gasteiger partial charge < -0.3 is 14.2 Å². The molecule has 2 aliphatic heterocycles. The van der Waals surface area contributed by atoms with Crippen LogP contribution in [0.2, 0.25) is 0 Å². The molecule has 3 rings (SSSR count). The summed E-state index contributed by atoms with van der Waals surface area (Å²) in [5.74, 6) is -0.661. The van der Waals surface area contributed by atoms with E-state index in [1.54, 1.807) is 0 Å². The fourth-order valence-electron chi connectivity index (χ4n) is 4.12. The minimum Gasteiger partial charge on any atom is -0.458 e. The second kappa shape index (κ2) is 7.63. The van der Waals surface area contributed by atoms with Gasteiger partial charge in [-0.3, -0.25) is 4.79 Å². The molecule has 148 valence electrons. The first-order valence-corrected chi connectivity index (χ1v) is 9.76. The van der Waals surface area contributed by atoms with Crippen molar-refractivity contribution in [2.24, 2.45) is 5.92 Å². The number of carbonyl (C=O) groups excluding carboxylic acids is 2. The summed E-state index contributed by atoms with van der Waals surface area (Å²) in [4.78, 5) is 23.6. The summed E-state index contributed by atoms with van der Waals surface area (Å²) < 4.78 is 17.1. The van der Waals surface area contributed by atoms with E-state index >= 15 is 0 Å². The lowest BCUT2D eigenvalue weighted by Crippen LogP contribution is -2.25. The maximum Gasteiger partial charge on any atom is 0.334 e. The van der Waals surface area contributed by atoms with Crippen molar-refractivity contribution in [1.29, 1.82) is 0 Å². The van der Waals surface area contributed by atoms with Gasteiger partial charge in [-0.1, -0.05) is 24.3 Å². The van der Waals surface area contributed by atoms with Gasteiger partial charge in [0.15, 0.2) is 0 Å². The third-order valence-electron chi connectivity index (χ3n) is 6.05. The molecule has 3 aliphatic rings. The number of esters is 2. The average Bonchev–Trinajstić information content (AvgIpc) is 3.16. The maximum atomic E-state index is 12.1. The zero-order valence-corrected chi connectivity index (χ0v) is 16.7. The SMILES string of the molecule is C=C1C(=O)O[C@H]2C[C@@]3(C)OC3CC/C(C)=C/C[C@@H](OC(C)=O)/C(C)=C/C[C@H]12. The van der Waals surface area contributed by atoms with Crippen molar-refractivity contribution < 1.29 is 23.8 Å². The van der Waals surface area contributed by atoms with Crippen LogP contribution >= 0.6 is 0 Å². The molecule has 0 spiro atoms. The number of allylic oxidation sites excluding steroid dienone is 2. The Hall–Kier alpha value is -1.88. The lowest BCUT2D eigenvalue weighted by molar-refractivity contribution is -0.144. The molecule has 0 bridgehead atoms. The first-order chi connectivity index (χ1) is 12.7. The smallest absolute Gasteiger partial charge is 0.334 e. The van der Waals surface area contributed by atoms with E-state index in [2.05, 4.69) is 32.6 Å². The van der Waals surface area contributed by atoms with Gasteiger partial charge in [0.25, 0.3) is 0 Å². The van der Waals surface area contributed by atoms with Crippen molar-refractivity contribution in [2.45, 2.75) is 83.7 Å². The van der Waals surface area contributed by atoms with Crippen molar-refractivity contribution in [3.63, 3.8) is 0 Å². The van der Waals surface area contributed by atoms with Gasteiger partial charge in [0.05, 0.1) is 11.7 Å². The van der Waals surface area contributed by atoms with Crippen LogP contribution in [-0.2, 0) is 23.8 Å². The Morgan fingerprint density at radius 2 is 2.04 bits per heavy atom. The molecule has 0 aromatic heterocycles. The third-order valence-corrected chi connectivity index (χ3v) is 6.05. The molecule has 0 saturated carbocycles. The molecular formula is C22H30O5. The van der Waals surface area contributed by atoms with Crippen molar-refractivity contribution in [3.05, 3.63) is 35.5 Å². The number of rotatable bonds is 1. The Morgan fingerprint density at radius 1 is 1.30 bits per heavy atom. The van der Waals surface area contributed by atoms with Crippen LogP contribution < -0.4 is 0 Å². The van der Waals surface area contributed by atoms with E-state index in [-0.39, 0.29) is 41.8 Å². The van der Waals surface area contributed by atoms with Crippen LogP contribution in [0, 0.1) is 5.92 Å². The molecule has 0 aromatic rings. The predicted molar refractivity (Wildman–Crippen MR) is 102 cm³/mol. The number of ether oxygens (including phenoxy) is 3. The molecule has 1 unspecified atom stereocenters. The van der Waals surface area contributed by atoms with Crippen molar-refractivity contribution in [2.75, 3.05) is 0 Å². The van der Waals surface area contributed by atoms with Crippen LogP contribution in [-0.4, -0.2) is 35.9 Å². The summed E-state index contributed by atoms with van der Waals surface area (Å²) in [6.45, 7) is 11.6. The number of fused-ring (bicyclic) bond motifs is 2. The topological polar surface area (TPSA) is 65.1 Å². The van der Waals surface area contributed by atoms with E-state index in [1.807, 2.05) is 6.92 Å². The quantitative estimate of drug-likeness (QED) is 0.300. The Labute approximate surface area is 161 Å². The third kappa shape index (κ3) is 4.52. The Bertz CT molecular complexity index is 703. The van der Waals surface area contributed by atoms with Crippen molar-refractivity contribution >= 4 is 11.9 Å². The Balaban J connectivity index is 1.85. The highest BCUT2D eigenvalue weighted by atomic mass is 16.6. The van der Waals surface area contributed by atoms with Gasteiger partial charge in [-0.05, 0) is 45.6 Å². The first-order valence-electron chi connectivity index (χ1n) is 9.76. The minimum absolute atomic E-state index is 0.0627. The molecule has 5 atom stereocenters. The Morgan fingerprint density at radius 3 is 2.74 bits per heavy atom. The standard InChI is InChI=1S/C22H30O5/c1-13-6-10-18(25-16(4)23)14(2)8-9-17-15(3)21(24)26-19(17)12-22(5)20(27-22)11-7-13/h6,8,17-20H,3,7,9-12H2,1-2,4-5H3/b13-6+,14-8+/t17-,18-,19+,20?,22-/m1/s1. The van der Waals surface area contributed by atoms with E-state index in [0.29, 0.717) is 24.8 Å². The van der Waals surface area contributed by atoms with Gasteiger partial charge in [-0.15, -0.1) is 0 Å². The fourth-order valence-corrected chi connectivity index (χ4v) is 4.12. The van der Waals surface area contributed by atoms with Gasteiger partial charge in [-0.25, -0.2) is 4.79 Å². The molecule has 1 aliphatic carbocycles. The molecule has 2 heterocycles. The van der Waals surface area contributed by atoms with Crippen LogP contribution in [0.15, 0.2) is 35.5 Å². The van der Waals surface area contributed by atoms with E-state index < -0.39 is 0 Å². The monoisotopic (exact) mass is 374 g/mol. The summed E-state index contributed by atoms with van der Waals surface area (Å²) >= 11 is 0. The molecule has 0 aromatic carbocycles. The lowest BCUT2D eigenvalue weighted by Gasteiger charge is -2.21. The van der Waals surface area contributed by atoms with Crippen LogP contribution in [0.4, 0.5) is 0 Å². The number of carbonyl (C=O) groups is 2. The first kappa shape index (κ1) is 19.9. The highest BCUT2D eigenvalue weighted by Crippen LogP contribution is 2.47. The summed E-state index contributed by atoms with van der Waals surface area (Å²) in [7, 11) is 0. The molecule has 27 heavy (non-hydrogen) atoms. The van der Waals surface area contributed by atoms with Crippen LogP contribution in [0.25, 0.3) is 0 Å². The second-order valence-electron chi connectivity index (χ2n) is 8.31. The summed E-state index contributed by atoms with van der Waals surface area (Å²) in [5, 5.41) is 0. The lowest BCUT2D eigenvalue weighted by atomic mass is 9.85. The normalized spacial score (nSPS) is 41.0. The van der Waals surface area contributed by atoms with Gasteiger partial charge in [0.2, 0.25) is 0 Å². The molecule has 0 amide bonds. The average molecular weight is 374 g/mol. The summed E-state index contributed by atoms with van der Waals surface area (Å²) in [6.07, 6.45) is 7.77. The molecule has 0 radical (unpaired) electrons. The van der Waals surface area contributed by atoms with Crippen LogP contribution in [0.1, 0.15) is 59.8 Å². The summed E-state index contributed by atoms with van der Waals surface area (Å²) in [6, 6.07) is 0. The zero-order valence-electron chi connectivity index (χ0n) is 16.7. The summed E-state index contributed by atoms with van der Waals surface area (Å²) in [5.41, 5.74) is 2.56. The largest absolute Gasteiger partial charge is 0.458 e. The maximum absolute atomic E-state index is 12.1. The van der Waals surface area contributed by atoms with E-state index in [0.717, 1.165) is 18.4 Å². The predicted octanol–water partition coefficient (Wildman–Crippen LogP) is 4.03. The zero-order chi connectivity index (χ0) is 19.8. The fraction of sp³-hybridized carbons (Fsp3) is 0.636. The van der Waals surface area contributed by atoms with E-state index in [1.165, 1.54) is 12.5 Å². The highest BCUT2D eigenvalue weighted by molar-refractivity contribution is 5.90. The van der Waals surface area contributed by atoms with Gasteiger partial charge >= 0.3 is 11.9 Å². The van der Waals surface area contributed by atoms with E-state index in [4.69, 9.17) is 14.2 Å². The van der Waals surface area contributed by atoms with Crippen LogP contribution in [0.5, 0.6) is 0 Å². The molecule has 0 N–H and O–H groups in total. The molecular weight excluding hydrogens is 344 g/mol. The molecule has 5 heteroatoms. The second-order valence-corrected chi connectivity index (χ2v) is 8.31.